The second kappa shape index (κ2) is 11.6. The average Bonchev–Trinajstić information content (AvgIpc) is 3.52. The Kier molecular flexibility index (Phi) is 6.69. The summed E-state index contributed by atoms with van der Waals surface area (Å²) in [6.07, 6.45) is 0. The van der Waals surface area contributed by atoms with E-state index in [1.165, 1.54) is 50.1 Å². The lowest BCUT2D eigenvalue weighted by atomic mass is 9.63. The topological polar surface area (TPSA) is 9.23 Å². The standard InChI is InChI=1S/C50H34O/c1-5-19-35(20-6-1)49(36-21-7-2-8-22-36)42-30-14-13-27-41(42)47-39(28-17-32-44(47)49)40-29-18-33-45-48(40)51-46-34-16-15-31-43(46)50(45,37-23-9-3-10-24-37)38-25-11-4-12-26-38/h1-34H. The normalized spacial score (nSPS) is 14.4. The van der Waals surface area contributed by atoms with Crippen molar-refractivity contribution in [3.8, 4) is 33.8 Å². The fourth-order valence-corrected chi connectivity index (χ4v) is 9.16. The van der Waals surface area contributed by atoms with Crippen molar-refractivity contribution in [1.82, 2.24) is 0 Å². The number of ether oxygens (including phenoxy) is 1. The van der Waals surface area contributed by atoms with Gasteiger partial charge in [-0.15, -0.1) is 0 Å². The van der Waals surface area contributed by atoms with E-state index in [0.717, 1.165) is 28.2 Å². The minimum Gasteiger partial charge on any atom is -0.456 e. The molecule has 8 aromatic rings. The molecule has 0 radical (unpaired) electrons. The first-order valence-electron chi connectivity index (χ1n) is 17.7. The molecule has 51 heavy (non-hydrogen) atoms. The molecule has 0 aromatic heterocycles. The third-order valence-electron chi connectivity index (χ3n) is 11.1. The number of fused-ring (bicyclic) bond motifs is 5. The molecule has 10 rings (SSSR count). The summed E-state index contributed by atoms with van der Waals surface area (Å²) in [5.74, 6) is 1.77. The molecular weight excluding hydrogens is 617 g/mol. The van der Waals surface area contributed by atoms with Gasteiger partial charge in [0.2, 0.25) is 0 Å². The van der Waals surface area contributed by atoms with E-state index in [2.05, 4.69) is 206 Å². The molecular formula is C50H34O. The van der Waals surface area contributed by atoms with Crippen molar-refractivity contribution in [3.05, 3.63) is 251 Å². The van der Waals surface area contributed by atoms with E-state index in [0.29, 0.717) is 0 Å². The molecule has 1 nitrogen and oxygen atoms in total. The van der Waals surface area contributed by atoms with Crippen LogP contribution in [0.1, 0.15) is 44.5 Å². The van der Waals surface area contributed by atoms with Crippen LogP contribution < -0.4 is 4.74 Å². The highest BCUT2D eigenvalue weighted by Crippen LogP contribution is 2.61. The van der Waals surface area contributed by atoms with Gasteiger partial charge >= 0.3 is 0 Å². The molecule has 0 saturated carbocycles. The first-order valence-corrected chi connectivity index (χ1v) is 17.7. The second-order valence-electron chi connectivity index (χ2n) is 13.5. The average molecular weight is 651 g/mol. The maximum Gasteiger partial charge on any atom is 0.140 e. The van der Waals surface area contributed by atoms with Crippen molar-refractivity contribution in [1.29, 1.82) is 0 Å². The molecule has 0 bridgehead atoms. The minimum absolute atomic E-state index is 0.482. The molecule has 0 saturated heterocycles. The predicted molar refractivity (Wildman–Crippen MR) is 208 cm³/mol. The predicted octanol–water partition coefficient (Wildman–Crippen LogP) is 12.2. The number of rotatable bonds is 5. The van der Waals surface area contributed by atoms with Gasteiger partial charge in [0.05, 0.1) is 10.8 Å². The number of para-hydroxylation sites is 2. The summed E-state index contributed by atoms with van der Waals surface area (Å²) >= 11 is 0. The Morgan fingerprint density at radius 3 is 1.24 bits per heavy atom. The smallest absolute Gasteiger partial charge is 0.140 e. The van der Waals surface area contributed by atoms with Gasteiger partial charge < -0.3 is 4.74 Å². The van der Waals surface area contributed by atoms with Crippen molar-refractivity contribution in [3.63, 3.8) is 0 Å². The van der Waals surface area contributed by atoms with Gasteiger partial charge in [0.25, 0.3) is 0 Å². The zero-order chi connectivity index (χ0) is 33.8. The zero-order valence-corrected chi connectivity index (χ0v) is 28.0. The SMILES string of the molecule is c1ccc(C2(c3ccccc3)c3ccccc3Oc3c(-c4cccc5c4-c4ccccc4C5(c4ccccc4)c4ccccc4)cccc32)cc1. The summed E-state index contributed by atoms with van der Waals surface area (Å²) in [5.41, 5.74) is 13.5. The van der Waals surface area contributed by atoms with E-state index in [-0.39, 0.29) is 0 Å². The first kappa shape index (κ1) is 29.5. The van der Waals surface area contributed by atoms with Crippen LogP contribution in [-0.4, -0.2) is 0 Å². The lowest BCUT2D eigenvalue weighted by Gasteiger charge is -2.42. The fourth-order valence-electron chi connectivity index (χ4n) is 9.16. The lowest BCUT2D eigenvalue weighted by molar-refractivity contribution is 0.436. The van der Waals surface area contributed by atoms with E-state index in [4.69, 9.17) is 4.74 Å². The summed E-state index contributed by atoms with van der Waals surface area (Å²) in [4.78, 5) is 0. The number of hydrogen-bond acceptors (Lipinski definition) is 1. The quantitative estimate of drug-likeness (QED) is 0.180. The summed E-state index contributed by atoms with van der Waals surface area (Å²) in [5, 5.41) is 0. The molecule has 0 unspecified atom stereocenters. The Labute approximate surface area is 299 Å². The first-order chi connectivity index (χ1) is 25.3. The fraction of sp³-hybridized carbons (Fsp3) is 0.0400. The van der Waals surface area contributed by atoms with Crippen LogP contribution in [0.5, 0.6) is 11.5 Å². The summed E-state index contributed by atoms with van der Waals surface area (Å²) in [6, 6.07) is 75.0. The molecule has 0 atom stereocenters. The molecule has 0 amide bonds. The molecule has 0 spiro atoms. The molecule has 1 aliphatic heterocycles. The molecule has 0 N–H and O–H groups in total. The zero-order valence-electron chi connectivity index (χ0n) is 28.0. The van der Waals surface area contributed by atoms with Gasteiger partial charge in [0.1, 0.15) is 11.5 Å². The third kappa shape index (κ3) is 4.09. The molecule has 1 aliphatic carbocycles. The minimum atomic E-state index is -0.587. The van der Waals surface area contributed by atoms with Crippen molar-refractivity contribution in [2.24, 2.45) is 0 Å². The van der Waals surface area contributed by atoms with Crippen LogP contribution >= 0.6 is 0 Å². The highest BCUT2D eigenvalue weighted by Gasteiger charge is 2.49. The van der Waals surface area contributed by atoms with Crippen LogP contribution in [0.3, 0.4) is 0 Å². The van der Waals surface area contributed by atoms with Crippen LogP contribution in [0.25, 0.3) is 22.3 Å². The van der Waals surface area contributed by atoms with Gasteiger partial charge in [-0.2, -0.15) is 0 Å². The lowest BCUT2D eigenvalue weighted by Crippen LogP contribution is -2.34. The van der Waals surface area contributed by atoms with E-state index in [1.54, 1.807) is 0 Å². The van der Waals surface area contributed by atoms with E-state index in [9.17, 15) is 0 Å². The van der Waals surface area contributed by atoms with Gasteiger partial charge in [0, 0.05) is 16.7 Å². The second-order valence-corrected chi connectivity index (χ2v) is 13.5. The third-order valence-corrected chi connectivity index (χ3v) is 11.1. The van der Waals surface area contributed by atoms with E-state index in [1.807, 2.05) is 0 Å². The molecule has 1 heteroatoms. The van der Waals surface area contributed by atoms with E-state index >= 15 is 0 Å². The van der Waals surface area contributed by atoms with Crippen molar-refractivity contribution in [2.45, 2.75) is 10.8 Å². The Balaban J connectivity index is 1.31. The van der Waals surface area contributed by atoms with Crippen molar-refractivity contribution >= 4 is 0 Å². The van der Waals surface area contributed by atoms with Crippen LogP contribution in [0.2, 0.25) is 0 Å². The monoisotopic (exact) mass is 650 g/mol. The van der Waals surface area contributed by atoms with Gasteiger partial charge in [-0.25, -0.2) is 0 Å². The molecule has 240 valence electrons. The molecule has 2 aliphatic rings. The number of benzene rings is 8. The van der Waals surface area contributed by atoms with Crippen LogP contribution in [-0.2, 0) is 10.8 Å². The van der Waals surface area contributed by atoms with Crippen LogP contribution in [0.4, 0.5) is 0 Å². The van der Waals surface area contributed by atoms with Crippen molar-refractivity contribution < 1.29 is 4.74 Å². The van der Waals surface area contributed by atoms with Crippen LogP contribution in [0.15, 0.2) is 206 Å². The van der Waals surface area contributed by atoms with Crippen molar-refractivity contribution in [2.75, 3.05) is 0 Å². The van der Waals surface area contributed by atoms with Crippen LogP contribution in [0, 0.1) is 0 Å². The Bertz CT molecular complexity index is 2460. The van der Waals surface area contributed by atoms with Gasteiger partial charge in [-0.05, 0) is 56.1 Å². The molecule has 8 aromatic carbocycles. The Morgan fingerprint density at radius 2 is 0.667 bits per heavy atom. The summed E-state index contributed by atoms with van der Waals surface area (Å²) < 4.78 is 7.13. The number of hydrogen-bond donors (Lipinski definition) is 0. The Hall–Kier alpha value is -6.44. The molecule has 1 heterocycles. The summed E-state index contributed by atoms with van der Waals surface area (Å²) in [6.45, 7) is 0. The van der Waals surface area contributed by atoms with Gasteiger partial charge in [-0.1, -0.05) is 200 Å². The maximum absolute atomic E-state index is 7.13. The molecule has 0 fully saturated rings. The largest absolute Gasteiger partial charge is 0.456 e. The summed E-state index contributed by atoms with van der Waals surface area (Å²) in [7, 11) is 0. The van der Waals surface area contributed by atoms with Gasteiger partial charge in [0.15, 0.2) is 0 Å². The highest BCUT2D eigenvalue weighted by molar-refractivity contribution is 5.97. The van der Waals surface area contributed by atoms with Gasteiger partial charge in [-0.3, -0.25) is 0 Å². The maximum atomic E-state index is 7.13. The highest BCUT2D eigenvalue weighted by atomic mass is 16.5. The van der Waals surface area contributed by atoms with E-state index < -0.39 is 10.8 Å². The Morgan fingerprint density at radius 1 is 0.275 bits per heavy atom.